The average molecular weight is 454 g/mol. The zero-order valence-electron chi connectivity index (χ0n) is 17.0. The van der Waals surface area contributed by atoms with Crippen molar-refractivity contribution in [2.45, 2.75) is 18.3 Å². The van der Waals surface area contributed by atoms with Gasteiger partial charge in [-0.25, -0.2) is 0 Å². The molecule has 7 nitrogen and oxygen atoms in total. The Hall–Kier alpha value is -4.08. The first-order valence-electron chi connectivity index (χ1n) is 10.0. The lowest BCUT2D eigenvalue weighted by atomic mass is 9.81. The van der Waals surface area contributed by atoms with Crippen molar-refractivity contribution >= 4 is 16.8 Å². The standard InChI is InChI=1S/C23H17F3N4O3/c24-23(25,26)33-17-6-4-16(5-7-17)22(9-11-32-19-2-1-10-27-20(19)22)29-21(31)14-3-8-18-15(12-14)13-28-30-18/h1-8,10,12-13H,9,11H2,(H,28,30)(H,29,31)/t22-/m0/s1. The van der Waals surface area contributed by atoms with E-state index in [1.165, 1.54) is 24.3 Å². The molecular weight excluding hydrogens is 437 g/mol. The van der Waals surface area contributed by atoms with Crippen molar-refractivity contribution in [1.82, 2.24) is 20.5 Å². The number of hydrogen-bond acceptors (Lipinski definition) is 5. The van der Waals surface area contributed by atoms with Gasteiger partial charge in [-0.3, -0.25) is 14.9 Å². The number of alkyl halides is 3. The highest BCUT2D eigenvalue weighted by molar-refractivity contribution is 5.98. The largest absolute Gasteiger partial charge is 0.573 e. The molecule has 0 fully saturated rings. The molecule has 0 unspecified atom stereocenters. The van der Waals surface area contributed by atoms with E-state index in [9.17, 15) is 18.0 Å². The summed E-state index contributed by atoms with van der Waals surface area (Å²) >= 11 is 0. The molecule has 1 atom stereocenters. The van der Waals surface area contributed by atoms with E-state index in [4.69, 9.17) is 4.74 Å². The number of fused-ring (bicyclic) bond motifs is 2. The Kier molecular flexibility index (Phi) is 4.92. The minimum absolute atomic E-state index is 0.278. The zero-order chi connectivity index (χ0) is 23.1. The summed E-state index contributed by atoms with van der Waals surface area (Å²) < 4.78 is 47.5. The fourth-order valence-electron chi connectivity index (χ4n) is 4.03. The van der Waals surface area contributed by atoms with Crippen LogP contribution in [0.15, 0.2) is 67.0 Å². The lowest BCUT2D eigenvalue weighted by molar-refractivity contribution is -0.274. The Morgan fingerprint density at radius 1 is 1.15 bits per heavy atom. The van der Waals surface area contributed by atoms with Crippen LogP contribution in [0.3, 0.4) is 0 Å². The van der Waals surface area contributed by atoms with Gasteiger partial charge in [-0.2, -0.15) is 5.10 Å². The second-order valence-electron chi connectivity index (χ2n) is 7.55. The van der Waals surface area contributed by atoms with Gasteiger partial charge in [0.25, 0.3) is 5.91 Å². The van der Waals surface area contributed by atoms with Crippen LogP contribution in [0.1, 0.15) is 28.0 Å². The van der Waals surface area contributed by atoms with Crippen molar-refractivity contribution < 1.29 is 27.4 Å². The highest BCUT2D eigenvalue weighted by atomic mass is 19.4. The number of pyridine rings is 1. The van der Waals surface area contributed by atoms with Crippen molar-refractivity contribution in [1.29, 1.82) is 0 Å². The van der Waals surface area contributed by atoms with Gasteiger partial charge in [-0.05, 0) is 48.0 Å². The van der Waals surface area contributed by atoms with Gasteiger partial charge < -0.3 is 14.8 Å². The number of amides is 1. The number of ether oxygens (including phenoxy) is 2. The number of halogens is 3. The van der Waals surface area contributed by atoms with E-state index in [1.54, 1.807) is 42.7 Å². The van der Waals surface area contributed by atoms with Crippen LogP contribution >= 0.6 is 0 Å². The lowest BCUT2D eigenvalue weighted by Crippen LogP contribution is -2.50. The third-order valence-corrected chi connectivity index (χ3v) is 5.52. The van der Waals surface area contributed by atoms with Crippen LogP contribution in [0.5, 0.6) is 11.5 Å². The van der Waals surface area contributed by atoms with Crippen molar-refractivity contribution in [2.75, 3.05) is 6.61 Å². The molecule has 0 saturated heterocycles. The predicted molar refractivity (Wildman–Crippen MR) is 112 cm³/mol. The quantitative estimate of drug-likeness (QED) is 0.480. The van der Waals surface area contributed by atoms with E-state index in [0.717, 1.165) is 10.9 Å². The molecule has 10 heteroatoms. The zero-order valence-corrected chi connectivity index (χ0v) is 17.0. The summed E-state index contributed by atoms with van der Waals surface area (Å²) in [4.78, 5) is 17.8. The number of hydrogen-bond donors (Lipinski definition) is 2. The molecule has 3 heterocycles. The van der Waals surface area contributed by atoms with Crippen LogP contribution in [0.4, 0.5) is 13.2 Å². The molecule has 0 bridgehead atoms. The molecule has 0 saturated carbocycles. The molecule has 5 rings (SSSR count). The lowest BCUT2D eigenvalue weighted by Gasteiger charge is -2.39. The number of rotatable bonds is 4. The first kappa shape index (κ1) is 20.8. The van der Waals surface area contributed by atoms with Gasteiger partial charge in [0.2, 0.25) is 0 Å². The first-order chi connectivity index (χ1) is 15.8. The third-order valence-electron chi connectivity index (χ3n) is 5.52. The number of aromatic amines is 1. The minimum Gasteiger partial charge on any atom is -0.491 e. The smallest absolute Gasteiger partial charge is 0.491 e. The van der Waals surface area contributed by atoms with Crippen molar-refractivity contribution in [3.63, 3.8) is 0 Å². The topological polar surface area (TPSA) is 89.1 Å². The van der Waals surface area contributed by atoms with Crippen LogP contribution in [0, 0.1) is 0 Å². The predicted octanol–water partition coefficient (Wildman–Crippen LogP) is 4.31. The molecule has 33 heavy (non-hydrogen) atoms. The maximum absolute atomic E-state index is 13.3. The van der Waals surface area contributed by atoms with Crippen molar-refractivity contribution in [3.05, 3.63) is 83.8 Å². The molecule has 0 spiro atoms. The maximum Gasteiger partial charge on any atom is 0.573 e. The average Bonchev–Trinajstić information content (AvgIpc) is 3.27. The second kappa shape index (κ2) is 7.80. The molecule has 2 N–H and O–H groups in total. The summed E-state index contributed by atoms with van der Waals surface area (Å²) in [5.74, 6) is -0.233. The number of benzene rings is 2. The Bertz CT molecular complexity index is 1320. The number of nitrogens with zero attached hydrogens (tertiary/aromatic N) is 2. The van der Waals surface area contributed by atoms with Crippen LogP contribution in [-0.4, -0.2) is 34.1 Å². The van der Waals surface area contributed by atoms with Gasteiger partial charge in [-0.1, -0.05) is 12.1 Å². The fraction of sp³-hybridized carbons (Fsp3) is 0.174. The van der Waals surface area contributed by atoms with Crippen LogP contribution in [-0.2, 0) is 5.54 Å². The monoisotopic (exact) mass is 454 g/mol. The van der Waals surface area contributed by atoms with Crippen LogP contribution in [0.25, 0.3) is 10.9 Å². The van der Waals surface area contributed by atoms with Crippen molar-refractivity contribution in [3.8, 4) is 11.5 Å². The summed E-state index contributed by atoms with van der Waals surface area (Å²) in [5.41, 5.74) is 1.11. The molecular formula is C23H17F3N4O3. The van der Waals surface area contributed by atoms with Crippen LogP contribution < -0.4 is 14.8 Å². The molecule has 1 amide bonds. The summed E-state index contributed by atoms with van der Waals surface area (Å²) in [6, 6.07) is 14.0. The van der Waals surface area contributed by atoms with Gasteiger partial charge in [0, 0.05) is 23.6 Å². The summed E-state index contributed by atoms with van der Waals surface area (Å²) in [6.07, 6.45) is -1.28. The van der Waals surface area contributed by atoms with E-state index in [0.29, 0.717) is 29.0 Å². The highest BCUT2D eigenvalue weighted by Gasteiger charge is 2.42. The van der Waals surface area contributed by atoms with Crippen molar-refractivity contribution in [2.24, 2.45) is 0 Å². The minimum atomic E-state index is -4.80. The normalized spacial score (nSPS) is 17.8. The Morgan fingerprint density at radius 3 is 2.76 bits per heavy atom. The number of carbonyl (C=O) groups excluding carboxylic acids is 1. The molecule has 4 aromatic rings. The van der Waals surface area contributed by atoms with E-state index in [2.05, 4.69) is 25.2 Å². The number of nitrogens with one attached hydrogen (secondary N) is 2. The SMILES string of the molecule is O=C(N[C@]1(c2ccc(OC(F)(F)F)cc2)CCOc2cccnc21)c1ccc2[nH]ncc2c1. The number of carbonyl (C=O) groups is 1. The summed E-state index contributed by atoms with van der Waals surface area (Å²) in [5, 5.41) is 10.6. The highest BCUT2D eigenvalue weighted by Crippen LogP contribution is 2.41. The Balaban J connectivity index is 1.56. The summed E-state index contributed by atoms with van der Waals surface area (Å²) in [7, 11) is 0. The van der Waals surface area contributed by atoms with Gasteiger partial charge in [0.15, 0.2) is 0 Å². The van der Waals surface area contributed by atoms with E-state index >= 15 is 0 Å². The van der Waals surface area contributed by atoms with Gasteiger partial charge >= 0.3 is 6.36 Å². The molecule has 1 aliphatic heterocycles. The van der Waals surface area contributed by atoms with Gasteiger partial charge in [0.1, 0.15) is 22.7 Å². The fourth-order valence-corrected chi connectivity index (χ4v) is 4.03. The van der Waals surface area contributed by atoms with Crippen LogP contribution in [0.2, 0.25) is 0 Å². The second-order valence-corrected chi connectivity index (χ2v) is 7.55. The van der Waals surface area contributed by atoms with E-state index < -0.39 is 11.9 Å². The molecule has 0 aliphatic carbocycles. The molecule has 168 valence electrons. The number of H-pyrrole nitrogens is 1. The van der Waals surface area contributed by atoms with Gasteiger partial charge in [-0.15, -0.1) is 13.2 Å². The summed E-state index contributed by atoms with van der Waals surface area (Å²) in [6.45, 7) is 0.278. The molecule has 2 aromatic heterocycles. The maximum atomic E-state index is 13.3. The molecule has 1 aliphatic rings. The number of aromatic nitrogens is 3. The Labute approximate surface area is 185 Å². The first-order valence-corrected chi connectivity index (χ1v) is 10.0. The molecule has 0 radical (unpaired) electrons. The molecule has 2 aromatic carbocycles. The third kappa shape index (κ3) is 3.95. The Morgan fingerprint density at radius 2 is 1.97 bits per heavy atom. The van der Waals surface area contributed by atoms with E-state index in [1.807, 2.05) is 0 Å². The van der Waals surface area contributed by atoms with E-state index in [-0.39, 0.29) is 18.3 Å². The van der Waals surface area contributed by atoms with Gasteiger partial charge in [0.05, 0.1) is 18.3 Å².